The van der Waals surface area contributed by atoms with Crippen molar-refractivity contribution in [2.24, 2.45) is 3.95 Å². The summed E-state index contributed by atoms with van der Waals surface area (Å²) in [6.45, 7) is 17.0. The van der Waals surface area contributed by atoms with Crippen molar-refractivity contribution in [3.05, 3.63) is 108 Å². The number of rotatable bonds is 19. The molecule has 0 saturated heterocycles. The molecule has 31 nitrogen and oxygen atoms in total. The van der Waals surface area contributed by atoms with Gasteiger partial charge < -0.3 is 60.5 Å². The number of aromatic carboxylic acids is 2. The van der Waals surface area contributed by atoms with Crippen LogP contribution in [0.5, 0.6) is 17.6 Å². The largest absolute Gasteiger partial charge is 0.480 e. The first-order valence-electron chi connectivity index (χ1n) is 26.9. The molecule has 0 saturated carbocycles. The summed E-state index contributed by atoms with van der Waals surface area (Å²) in [6, 6.07) is 15.6. The molecular formula is C57H73IN19O12-. The van der Waals surface area contributed by atoms with Gasteiger partial charge in [-0.1, -0.05) is 0 Å². The van der Waals surface area contributed by atoms with E-state index in [0.29, 0.717) is 69.2 Å². The summed E-state index contributed by atoms with van der Waals surface area (Å²) in [5, 5.41) is 46.4. The molecular weight excluding hydrogens is 1270 g/mol. The van der Waals surface area contributed by atoms with Crippen molar-refractivity contribution in [2.45, 2.75) is 79.1 Å². The molecule has 0 fully saturated rings. The number of hydrogen-bond donors (Lipinski definition) is 8. The van der Waals surface area contributed by atoms with Crippen molar-refractivity contribution in [2.75, 3.05) is 85.2 Å². The van der Waals surface area contributed by atoms with Crippen LogP contribution in [0.2, 0.25) is 0 Å². The predicted molar refractivity (Wildman–Crippen MR) is 329 cm³/mol. The quantitative estimate of drug-likeness (QED) is 0.0223. The number of aromatic nitrogens is 12. The van der Waals surface area contributed by atoms with E-state index in [-0.39, 0.29) is 73.5 Å². The number of halogens is 1. The molecule has 0 aliphatic carbocycles. The van der Waals surface area contributed by atoms with Crippen molar-refractivity contribution < 1.29 is 79.3 Å². The van der Waals surface area contributed by atoms with Crippen LogP contribution in [0.1, 0.15) is 93.4 Å². The Morgan fingerprint density at radius 3 is 1.31 bits per heavy atom. The molecule has 9 N–H and O–H groups in total. The van der Waals surface area contributed by atoms with Gasteiger partial charge >= 0.3 is 79.2 Å². The molecule has 476 valence electrons. The fraction of sp³-hybridized carbons (Fsp3) is 0.351. The summed E-state index contributed by atoms with van der Waals surface area (Å²) >= 11 is -0.181. The van der Waals surface area contributed by atoms with Gasteiger partial charge in [0.25, 0.3) is 0 Å². The minimum atomic E-state index is -1.19. The average Bonchev–Trinajstić information content (AvgIpc) is 2.26. The standard InChI is InChI=1S/C19H22N6O5.C19H24N6O3.C14H14N6O3.C5H13INO/c1-19(2,3)30-18(28)24(4)14-9-13(22-12-7-6-8-20-16(12)29-5)23-15-11(17(26)27)10-21-25(14)15;1-19(2,3)28-11-14(26)12-10-22-25-16(20-4)9-15(24-17(12)25)23-13-7-6-8-21-18(13)27-5;1-15-11-6-10(18-9-4-3-5-16-13(9)23-2)19-12-8(14(21)22)7-17-20(11)12;1-5(2,3)8-4-6-7/h6-10H,1-5H3,(H,22,23)(H,26,27);6-10,20H,11H2,1-5H3,(H,23,24);3-7,15H,1-2H3,(H,18,19)(H,21,22);4,7H2,1-3H3/q;;;-1. The van der Waals surface area contributed by atoms with Crippen LogP contribution < -0.4 is 71.1 Å². The van der Waals surface area contributed by atoms with E-state index in [4.69, 9.17) is 32.4 Å². The third kappa shape index (κ3) is 18.6. The van der Waals surface area contributed by atoms with Gasteiger partial charge in [0, 0.05) is 57.9 Å². The molecule has 9 rings (SSSR count). The zero-order chi connectivity index (χ0) is 65.4. The summed E-state index contributed by atoms with van der Waals surface area (Å²) in [6.07, 6.45) is 8.13. The number of nitrogens with two attached hydrogens (primary N) is 1. The monoisotopic (exact) mass is 1340 g/mol. The van der Waals surface area contributed by atoms with Gasteiger partial charge in [-0.3, -0.25) is 9.69 Å². The van der Waals surface area contributed by atoms with Crippen LogP contribution in [0, 0.1) is 0 Å². The summed E-state index contributed by atoms with van der Waals surface area (Å²) in [5.74, 6) is 1.46. The number of nitrogens with one attached hydrogen (secondary N) is 5. The summed E-state index contributed by atoms with van der Waals surface area (Å²) in [7, 11) is 9.53. The molecule has 0 aliphatic heterocycles. The first-order valence-corrected chi connectivity index (χ1v) is 29.7. The number of methoxy groups -OCH3 is 3. The number of pyridine rings is 3. The van der Waals surface area contributed by atoms with E-state index < -0.39 is 29.2 Å². The van der Waals surface area contributed by atoms with E-state index in [9.17, 15) is 29.4 Å². The van der Waals surface area contributed by atoms with E-state index in [0.717, 1.165) is 4.61 Å². The molecule has 0 radical (unpaired) electrons. The Morgan fingerprint density at radius 2 is 0.955 bits per heavy atom. The fourth-order valence-corrected chi connectivity index (χ4v) is 8.61. The zero-order valence-corrected chi connectivity index (χ0v) is 54.0. The summed E-state index contributed by atoms with van der Waals surface area (Å²) in [5.41, 5.74) is 1.68. The van der Waals surface area contributed by atoms with Crippen molar-refractivity contribution in [3.8, 4) is 17.6 Å². The summed E-state index contributed by atoms with van der Waals surface area (Å²) < 4.78 is 42.3. The number of nitrogens with zero attached hydrogens (tertiary/aromatic N) is 13. The number of carboxylic acids is 2. The molecule has 0 bridgehead atoms. The molecule has 32 heteroatoms. The third-order valence-electron chi connectivity index (χ3n) is 11.5. The number of hydrogen-bond acceptors (Lipinski definition) is 25. The Hall–Kier alpha value is -9.80. The van der Waals surface area contributed by atoms with Gasteiger partial charge in [0.1, 0.15) is 75.3 Å². The van der Waals surface area contributed by atoms with Gasteiger partial charge in [0.05, 0.1) is 51.1 Å². The van der Waals surface area contributed by atoms with Crippen LogP contribution >= 0.6 is 0 Å². The first-order chi connectivity index (χ1) is 42.1. The Balaban J connectivity index is 0.000000201. The maximum Gasteiger partial charge on any atom is 0.415 e. The molecule has 0 atom stereocenters. The van der Waals surface area contributed by atoms with Crippen LogP contribution in [-0.2, 0) is 14.2 Å². The number of amides is 1. The molecule has 0 aliphatic rings. The second-order valence-electron chi connectivity index (χ2n) is 21.5. The molecule has 1 amide bonds. The fourth-order valence-electron chi connectivity index (χ4n) is 7.50. The molecule has 89 heavy (non-hydrogen) atoms. The van der Waals surface area contributed by atoms with Crippen LogP contribution in [0.15, 0.2) is 91.8 Å². The molecule has 0 unspecified atom stereocenters. The second-order valence-corrected chi connectivity index (χ2v) is 23.0. The average molecular weight is 1340 g/mol. The molecule has 9 aromatic heterocycles. The second kappa shape index (κ2) is 30.2. The number of ether oxygens (including phenoxy) is 6. The van der Waals surface area contributed by atoms with Gasteiger partial charge in [-0.05, 0) is 77.9 Å². The molecule has 0 aromatic carbocycles. The van der Waals surface area contributed by atoms with Crippen molar-refractivity contribution in [1.29, 1.82) is 0 Å². The number of carbonyl (C=O) groups is 4. The maximum absolute atomic E-state index is 12.6. The minimum absolute atomic E-state index is 0.000903. The maximum atomic E-state index is 12.6. The van der Waals surface area contributed by atoms with E-state index in [1.807, 2.05) is 47.6 Å². The van der Waals surface area contributed by atoms with E-state index >= 15 is 0 Å². The number of fused-ring (bicyclic) bond motifs is 3. The first kappa shape index (κ1) is 68.3. The zero-order valence-electron chi connectivity index (χ0n) is 51.8. The van der Waals surface area contributed by atoms with Gasteiger partial charge in [0.2, 0.25) is 17.6 Å². The van der Waals surface area contributed by atoms with E-state index in [1.165, 1.54) is 53.8 Å². The number of carboxylic acid groups (broad SMARTS) is 2. The van der Waals surface area contributed by atoms with Crippen molar-refractivity contribution in [3.63, 3.8) is 0 Å². The number of ketones is 1. The Bertz CT molecular complexity index is 3910. The Morgan fingerprint density at radius 1 is 0.573 bits per heavy atom. The predicted octanol–water partition coefficient (Wildman–Crippen LogP) is 5.20. The van der Waals surface area contributed by atoms with Gasteiger partial charge in [-0.2, -0.15) is 28.8 Å². The number of carbonyl (C=O) groups excluding carboxylic acids is 2. The van der Waals surface area contributed by atoms with E-state index in [2.05, 4.69) is 71.8 Å². The molecule has 9 heterocycles. The minimum Gasteiger partial charge on any atom is -0.480 e. The Labute approximate surface area is 522 Å². The van der Waals surface area contributed by atoms with Gasteiger partial charge in [-0.25, -0.2) is 44.3 Å². The normalized spacial score (nSPS) is 11.2. The number of Topliss-reactive ketones (excluding diaryl/α,β-unsaturated/α-hetero) is 1. The molecule has 9 aromatic rings. The van der Waals surface area contributed by atoms with Crippen LogP contribution in [0.3, 0.4) is 0 Å². The van der Waals surface area contributed by atoms with Gasteiger partial charge in [0.15, 0.2) is 22.7 Å². The van der Waals surface area contributed by atoms with Crippen LogP contribution in [-0.4, -0.2) is 163 Å². The SMILES string of the molecule is CC(C)(C)OC[I-]N.CNc1cc(Nc2cccnc2OC)nc2c(C(=O)COC(C)(C)C)cnn12.CNc1cc(Nc2cccnc2OC)nc2c(C(=O)O)cnn12.COc1ncccc1Nc1cc(N(C)C(=O)OC(C)(C)C)n2ncc(C(=O)O)c2n1. The summed E-state index contributed by atoms with van der Waals surface area (Å²) in [4.78, 5) is 75.0. The number of anilines is 9. The Kier molecular flexibility index (Phi) is 23.2. The third-order valence-corrected chi connectivity index (χ3v) is 12.2. The van der Waals surface area contributed by atoms with Crippen molar-refractivity contribution in [1.82, 2.24) is 58.7 Å². The molecule has 0 spiro atoms. The van der Waals surface area contributed by atoms with Crippen molar-refractivity contribution >= 4 is 92.7 Å². The topological polar surface area (TPSA) is 383 Å². The van der Waals surface area contributed by atoms with E-state index in [1.54, 1.807) is 114 Å². The van der Waals surface area contributed by atoms with Crippen LogP contribution in [0.4, 0.5) is 56.8 Å². The number of alkyl halides is 1. The smallest absolute Gasteiger partial charge is 0.415 e. The van der Waals surface area contributed by atoms with Crippen LogP contribution in [0.25, 0.3) is 16.9 Å². The van der Waals surface area contributed by atoms with Gasteiger partial charge in [-0.15, -0.1) is 0 Å².